The van der Waals surface area contributed by atoms with Crippen LogP contribution in [0.1, 0.15) is 37.4 Å². The normalized spacial score (nSPS) is 33.5. The van der Waals surface area contributed by atoms with Crippen molar-refractivity contribution < 1.29 is 18.9 Å². The van der Waals surface area contributed by atoms with E-state index in [1.54, 1.807) is 12.4 Å². The Labute approximate surface area is 130 Å². The van der Waals surface area contributed by atoms with Gasteiger partial charge in [0.05, 0.1) is 38.3 Å². The lowest BCUT2D eigenvalue weighted by Gasteiger charge is -2.27. The van der Waals surface area contributed by atoms with Crippen LogP contribution in [0.15, 0.2) is 12.4 Å². The Morgan fingerprint density at radius 3 is 2.23 bits per heavy atom. The quantitative estimate of drug-likeness (QED) is 0.714. The molecule has 1 aliphatic carbocycles. The van der Waals surface area contributed by atoms with Gasteiger partial charge in [0.15, 0.2) is 5.75 Å². The Kier molecular flexibility index (Phi) is 4.23. The van der Waals surface area contributed by atoms with Gasteiger partial charge in [-0.3, -0.25) is 0 Å². The van der Waals surface area contributed by atoms with Crippen LogP contribution in [0.2, 0.25) is 0 Å². The minimum atomic E-state index is 0.260. The van der Waals surface area contributed by atoms with Gasteiger partial charge < -0.3 is 18.9 Å². The minimum absolute atomic E-state index is 0.260. The van der Waals surface area contributed by atoms with Crippen molar-refractivity contribution >= 4 is 0 Å². The molecule has 0 aromatic carbocycles. The maximum atomic E-state index is 5.87. The van der Waals surface area contributed by atoms with Gasteiger partial charge in [-0.25, -0.2) is 9.97 Å². The highest BCUT2D eigenvalue weighted by atomic mass is 16.6. The molecular weight excluding hydrogens is 284 g/mol. The summed E-state index contributed by atoms with van der Waals surface area (Å²) < 4.78 is 21.7. The van der Waals surface area contributed by atoms with Gasteiger partial charge in [-0.2, -0.15) is 0 Å². The predicted octanol–water partition coefficient (Wildman–Crippen LogP) is 1.70. The number of rotatable bonds is 7. The molecule has 0 amide bonds. The molecule has 3 aliphatic rings. The van der Waals surface area contributed by atoms with E-state index in [1.807, 2.05) is 0 Å². The maximum Gasteiger partial charge on any atom is 0.156 e. The zero-order chi connectivity index (χ0) is 14.8. The van der Waals surface area contributed by atoms with Gasteiger partial charge in [-0.1, -0.05) is 0 Å². The molecule has 0 radical (unpaired) electrons. The van der Waals surface area contributed by atoms with Gasteiger partial charge in [-0.05, 0) is 25.7 Å². The summed E-state index contributed by atoms with van der Waals surface area (Å²) in [6.07, 6.45) is 8.89. The summed E-state index contributed by atoms with van der Waals surface area (Å²) in [5.41, 5.74) is 0. The second-order valence-electron chi connectivity index (χ2n) is 6.31. The number of ether oxygens (including phenoxy) is 4. The molecule has 2 atom stereocenters. The van der Waals surface area contributed by atoms with Gasteiger partial charge >= 0.3 is 0 Å². The van der Waals surface area contributed by atoms with Gasteiger partial charge in [0.25, 0.3) is 0 Å². The van der Waals surface area contributed by atoms with Crippen molar-refractivity contribution in [2.75, 3.05) is 26.4 Å². The minimum Gasteiger partial charge on any atom is -0.488 e. The average Bonchev–Trinajstić information content (AvgIpc) is 3.47. The Hall–Kier alpha value is -1.24. The first kappa shape index (κ1) is 14.4. The summed E-state index contributed by atoms with van der Waals surface area (Å²) in [5.74, 6) is 2.09. The summed E-state index contributed by atoms with van der Waals surface area (Å²) >= 11 is 0. The van der Waals surface area contributed by atoms with Crippen LogP contribution >= 0.6 is 0 Å². The third kappa shape index (κ3) is 3.94. The van der Waals surface area contributed by atoms with Crippen LogP contribution in [0.3, 0.4) is 0 Å². The molecule has 0 bridgehead atoms. The smallest absolute Gasteiger partial charge is 0.156 e. The molecule has 6 nitrogen and oxygen atoms in total. The highest BCUT2D eigenvalue weighted by Crippen LogP contribution is 2.32. The van der Waals surface area contributed by atoms with E-state index in [4.69, 9.17) is 18.9 Å². The van der Waals surface area contributed by atoms with Gasteiger partial charge in [-0.15, -0.1) is 0 Å². The first-order valence-corrected chi connectivity index (χ1v) is 8.16. The lowest BCUT2D eigenvalue weighted by Crippen LogP contribution is -2.23. The third-order valence-corrected chi connectivity index (χ3v) is 4.45. The number of hydrogen-bond acceptors (Lipinski definition) is 6. The van der Waals surface area contributed by atoms with Crippen LogP contribution in [0, 0.1) is 0 Å². The van der Waals surface area contributed by atoms with Crippen LogP contribution in [0.4, 0.5) is 0 Å². The van der Waals surface area contributed by atoms with E-state index < -0.39 is 0 Å². The summed E-state index contributed by atoms with van der Waals surface area (Å²) in [6.45, 7) is 3.01. The number of epoxide rings is 2. The van der Waals surface area contributed by atoms with Crippen molar-refractivity contribution in [1.29, 1.82) is 0 Å². The highest BCUT2D eigenvalue weighted by molar-refractivity contribution is 5.14. The fraction of sp³-hybridized carbons (Fsp3) is 0.750. The average molecular weight is 306 g/mol. The van der Waals surface area contributed by atoms with Crippen LogP contribution < -0.4 is 4.74 Å². The lowest BCUT2D eigenvalue weighted by molar-refractivity contribution is 0.0160. The molecule has 0 N–H and O–H groups in total. The molecule has 1 saturated carbocycles. The predicted molar refractivity (Wildman–Crippen MR) is 78.0 cm³/mol. The van der Waals surface area contributed by atoms with Crippen molar-refractivity contribution in [3.8, 4) is 5.75 Å². The summed E-state index contributed by atoms with van der Waals surface area (Å²) in [4.78, 5) is 8.94. The second-order valence-corrected chi connectivity index (χ2v) is 6.31. The fourth-order valence-corrected chi connectivity index (χ4v) is 2.86. The van der Waals surface area contributed by atoms with E-state index in [9.17, 15) is 0 Å². The molecule has 120 valence electrons. The van der Waals surface area contributed by atoms with Crippen molar-refractivity contribution in [1.82, 2.24) is 9.97 Å². The van der Waals surface area contributed by atoms with Crippen LogP contribution in [0.25, 0.3) is 0 Å². The van der Waals surface area contributed by atoms with E-state index in [2.05, 4.69) is 9.97 Å². The Morgan fingerprint density at radius 1 is 0.955 bits per heavy atom. The molecule has 0 spiro atoms. The molecule has 1 aromatic heterocycles. The first-order valence-electron chi connectivity index (χ1n) is 8.16. The van der Waals surface area contributed by atoms with E-state index in [0.717, 1.165) is 57.1 Å². The second kappa shape index (κ2) is 6.48. The monoisotopic (exact) mass is 306 g/mol. The van der Waals surface area contributed by atoms with Crippen molar-refractivity contribution in [3.05, 3.63) is 18.2 Å². The molecule has 1 aromatic rings. The summed E-state index contributed by atoms with van der Waals surface area (Å²) in [5, 5.41) is 0. The zero-order valence-corrected chi connectivity index (χ0v) is 12.6. The van der Waals surface area contributed by atoms with Crippen LogP contribution in [-0.4, -0.2) is 54.7 Å². The number of nitrogens with zero attached hydrogens (tertiary/aromatic N) is 2. The molecule has 22 heavy (non-hydrogen) atoms. The molecule has 6 heteroatoms. The van der Waals surface area contributed by atoms with E-state index >= 15 is 0 Å². The Balaban J connectivity index is 1.23. The maximum absolute atomic E-state index is 5.87. The lowest BCUT2D eigenvalue weighted by atomic mass is 9.87. The Bertz CT molecular complexity index is 479. The molecule has 4 rings (SSSR count). The summed E-state index contributed by atoms with van der Waals surface area (Å²) in [6, 6.07) is 0. The molecular formula is C16H22N2O4. The third-order valence-electron chi connectivity index (χ3n) is 4.45. The highest BCUT2D eigenvalue weighted by Gasteiger charge is 2.28. The number of aromatic nitrogens is 2. The Morgan fingerprint density at radius 2 is 1.59 bits per heavy atom. The topological polar surface area (TPSA) is 69.3 Å². The molecule has 2 aliphatic heterocycles. The molecule has 2 saturated heterocycles. The van der Waals surface area contributed by atoms with Crippen LogP contribution in [0.5, 0.6) is 5.75 Å². The molecule has 3 heterocycles. The molecule has 3 fully saturated rings. The van der Waals surface area contributed by atoms with Crippen molar-refractivity contribution in [2.45, 2.75) is 49.9 Å². The van der Waals surface area contributed by atoms with Crippen molar-refractivity contribution in [3.63, 3.8) is 0 Å². The molecule has 2 unspecified atom stereocenters. The number of hydrogen-bond donors (Lipinski definition) is 0. The fourth-order valence-electron chi connectivity index (χ4n) is 2.86. The van der Waals surface area contributed by atoms with Gasteiger partial charge in [0, 0.05) is 5.92 Å². The SMILES string of the molecule is c1nc(C2CCC(OCC3CO3)CC2)ncc1OCC1CO1. The van der Waals surface area contributed by atoms with E-state index in [0.29, 0.717) is 24.7 Å². The standard InChI is InChI=1S/C16H22N2O4/c1-3-12(19-7-14-9-21-14)4-2-11(1)16-17-5-13(6-18-16)20-8-15-10-22-15/h5-6,11-12,14-15H,1-4,7-10H2. The zero-order valence-electron chi connectivity index (χ0n) is 12.6. The van der Waals surface area contributed by atoms with Gasteiger partial charge in [0.1, 0.15) is 24.6 Å². The first-order chi connectivity index (χ1) is 10.9. The van der Waals surface area contributed by atoms with Gasteiger partial charge in [0.2, 0.25) is 0 Å². The summed E-state index contributed by atoms with van der Waals surface area (Å²) in [7, 11) is 0. The van der Waals surface area contributed by atoms with E-state index in [1.165, 1.54) is 0 Å². The van der Waals surface area contributed by atoms with E-state index in [-0.39, 0.29) is 6.10 Å². The van der Waals surface area contributed by atoms with Crippen molar-refractivity contribution in [2.24, 2.45) is 0 Å². The largest absolute Gasteiger partial charge is 0.488 e. The van der Waals surface area contributed by atoms with Crippen LogP contribution in [-0.2, 0) is 14.2 Å².